The van der Waals surface area contributed by atoms with Crippen LogP contribution in [-0.4, -0.2) is 12.6 Å². The van der Waals surface area contributed by atoms with E-state index in [1.54, 1.807) is 0 Å². The lowest BCUT2D eigenvalue weighted by Gasteiger charge is -2.32. The van der Waals surface area contributed by atoms with E-state index in [1.807, 2.05) is 12.1 Å². The van der Waals surface area contributed by atoms with E-state index in [1.165, 1.54) is 5.56 Å². The third-order valence-corrected chi connectivity index (χ3v) is 3.79. The van der Waals surface area contributed by atoms with E-state index >= 15 is 0 Å². The molecule has 1 N–H and O–H groups in total. The molecule has 1 aromatic rings. The minimum atomic E-state index is 0.279. The zero-order valence-corrected chi connectivity index (χ0v) is 13.0. The van der Waals surface area contributed by atoms with Crippen molar-refractivity contribution >= 4 is 11.6 Å². The lowest BCUT2D eigenvalue weighted by molar-refractivity contribution is 0.226. The standard InChI is InChI=1S/C16H26ClN/c1-12(2)18-11-14(16(3,4)5)10-13-8-6-7-9-15(13)17/h6-9,12,14,18H,10-11H2,1-5H3. The van der Waals surface area contributed by atoms with Gasteiger partial charge in [-0.25, -0.2) is 0 Å². The van der Waals surface area contributed by atoms with Crippen LogP contribution < -0.4 is 5.32 Å². The molecular formula is C16H26ClN. The van der Waals surface area contributed by atoms with E-state index < -0.39 is 0 Å². The fourth-order valence-corrected chi connectivity index (χ4v) is 2.20. The van der Waals surface area contributed by atoms with Gasteiger partial charge in [0.1, 0.15) is 0 Å². The molecule has 0 aliphatic heterocycles. The molecule has 0 aliphatic carbocycles. The normalized spacial score (nSPS) is 13.9. The fraction of sp³-hybridized carbons (Fsp3) is 0.625. The second-order valence-corrected chi connectivity index (χ2v) is 6.83. The summed E-state index contributed by atoms with van der Waals surface area (Å²) in [6, 6.07) is 8.70. The lowest BCUT2D eigenvalue weighted by Crippen LogP contribution is -2.36. The number of hydrogen-bond donors (Lipinski definition) is 1. The van der Waals surface area contributed by atoms with Crippen LogP contribution in [0.25, 0.3) is 0 Å². The first-order valence-electron chi connectivity index (χ1n) is 6.77. The van der Waals surface area contributed by atoms with Crippen molar-refractivity contribution in [1.29, 1.82) is 0 Å². The Hall–Kier alpha value is -0.530. The largest absolute Gasteiger partial charge is 0.314 e. The zero-order chi connectivity index (χ0) is 13.8. The molecule has 1 nitrogen and oxygen atoms in total. The summed E-state index contributed by atoms with van der Waals surface area (Å²) >= 11 is 6.26. The summed E-state index contributed by atoms with van der Waals surface area (Å²) in [6.45, 7) is 12.3. The maximum atomic E-state index is 6.26. The van der Waals surface area contributed by atoms with Gasteiger partial charge >= 0.3 is 0 Å². The van der Waals surface area contributed by atoms with E-state index in [4.69, 9.17) is 11.6 Å². The summed E-state index contributed by atoms with van der Waals surface area (Å²) < 4.78 is 0. The van der Waals surface area contributed by atoms with Crippen molar-refractivity contribution in [3.05, 3.63) is 34.9 Å². The predicted molar refractivity (Wildman–Crippen MR) is 81.2 cm³/mol. The highest BCUT2D eigenvalue weighted by molar-refractivity contribution is 6.31. The Morgan fingerprint density at radius 2 is 1.78 bits per heavy atom. The van der Waals surface area contributed by atoms with Gasteiger partial charge in [-0.2, -0.15) is 0 Å². The van der Waals surface area contributed by atoms with Gasteiger partial charge in [0.25, 0.3) is 0 Å². The number of rotatable bonds is 5. The molecular weight excluding hydrogens is 242 g/mol. The Balaban J connectivity index is 2.76. The van der Waals surface area contributed by atoms with E-state index in [2.05, 4.69) is 52.1 Å². The van der Waals surface area contributed by atoms with Gasteiger partial charge in [-0.1, -0.05) is 64.4 Å². The van der Waals surface area contributed by atoms with Crippen LogP contribution in [0.1, 0.15) is 40.2 Å². The van der Waals surface area contributed by atoms with Crippen LogP contribution in [0.2, 0.25) is 5.02 Å². The minimum Gasteiger partial charge on any atom is -0.314 e. The van der Waals surface area contributed by atoms with Crippen LogP contribution in [0, 0.1) is 11.3 Å². The van der Waals surface area contributed by atoms with Gasteiger partial charge < -0.3 is 5.32 Å². The molecule has 1 atom stereocenters. The Bertz CT molecular complexity index is 366. The molecule has 0 fully saturated rings. The van der Waals surface area contributed by atoms with Crippen molar-refractivity contribution in [3.8, 4) is 0 Å². The lowest BCUT2D eigenvalue weighted by atomic mass is 9.77. The Morgan fingerprint density at radius 1 is 1.17 bits per heavy atom. The van der Waals surface area contributed by atoms with Crippen molar-refractivity contribution in [2.75, 3.05) is 6.54 Å². The van der Waals surface area contributed by atoms with Crippen molar-refractivity contribution in [3.63, 3.8) is 0 Å². The number of hydrogen-bond acceptors (Lipinski definition) is 1. The van der Waals surface area contributed by atoms with Crippen molar-refractivity contribution in [2.45, 2.75) is 47.1 Å². The summed E-state index contributed by atoms with van der Waals surface area (Å²) in [5.41, 5.74) is 1.53. The van der Waals surface area contributed by atoms with Crippen LogP contribution in [0.5, 0.6) is 0 Å². The monoisotopic (exact) mass is 267 g/mol. The molecule has 0 saturated heterocycles. The van der Waals surface area contributed by atoms with Crippen molar-refractivity contribution in [2.24, 2.45) is 11.3 Å². The summed E-state index contributed by atoms with van der Waals surface area (Å²) in [7, 11) is 0. The molecule has 2 heteroatoms. The minimum absolute atomic E-state index is 0.279. The molecule has 0 spiro atoms. The summed E-state index contributed by atoms with van der Waals surface area (Å²) in [4.78, 5) is 0. The third-order valence-electron chi connectivity index (χ3n) is 3.42. The molecule has 0 saturated carbocycles. The van der Waals surface area contributed by atoms with E-state index in [0.29, 0.717) is 12.0 Å². The quantitative estimate of drug-likeness (QED) is 0.826. The van der Waals surface area contributed by atoms with E-state index in [-0.39, 0.29) is 5.41 Å². The Kier molecular flexibility index (Phi) is 5.68. The molecule has 0 radical (unpaired) electrons. The first-order valence-corrected chi connectivity index (χ1v) is 7.15. The topological polar surface area (TPSA) is 12.0 Å². The number of nitrogens with one attached hydrogen (secondary N) is 1. The zero-order valence-electron chi connectivity index (χ0n) is 12.3. The number of benzene rings is 1. The van der Waals surface area contributed by atoms with Crippen LogP contribution in [0.15, 0.2) is 24.3 Å². The van der Waals surface area contributed by atoms with Crippen LogP contribution in [0.4, 0.5) is 0 Å². The number of halogens is 1. The van der Waals surface area contributed by atoms with E-state index in [0.717, 1.165) is 18.0 Å². The summed E-state index contributed by atoms with van der Waals surface area (Å²) in [6.07, 6.45) is 1.03. The van der Waals surface area contributed by atoms with Gasteiger partial charge in [-0.15, -0.1) is 0 Å². The fourth-order valence-electron chi connectivity index (χ4n) is 1.99. The maximum absolute atomic E-state index is 6.26. The average Bonchev–Trinajstić information content (AvgIpc) is 2.24. The van der Waals surface area contributed by atoms with E-state index in [9.17, 15) is 0 Å². The van der Waals surface area contributed by atoms with Gasteiger partial charge in [0, 0.05) is 11.1 Å². The maximum Gasteiger partial charge on any atom is 0.0438 e. The second kappa shape index (κ2) is 6.58. The molecule has 102 valence electrons. The highest BCUT2D eigenvalue weighted by Gasteiger charge is 2.25. The molecule has 0 bridgehead atoms. The van der Waals surface area contributed by atoms with Crippen molar-refractivity contribution < 1.29 is 0 Å². The first-order chi connectivity index (χ1) is 8.30. The smallest absolute Gasteiger partial charge is 0.0438 e. The SMILES string of the molecule is CC(C)NCC(Cc1ccccc1Cl)C(C)(C)C. The van der Waals surface area contributed by atoms with Gasteiger partial charge in [-0.05, 0) is 35.9 Å². The molecule has 1 unspecified atom stereocenters. The summed E-state index contributed by atoms with van der Waals surface area (Å²) in [5.74, 6) is 0.583. The van der Waals surface area contributed by atoms with Crippen molar-refractivity contribution in [1.82, 2.24) is 5.32 Å². The van der Waals surface area contributed by atoms with Gasteiger partial charge in [0.15, 0.2) is 0 Å². The second-order valence-electron chi connectivity index (χ2n) is 6.42. The highest BCUT2D eigenvalue weighted by atomic mass is 35.5. The Morgan fingerprint density at radius 3 is 2.28 bits per heavy atom. The first kappa shape index (κ1) is 15.5. The molecule has 0 amide bonds. The summed E-state index contributed by atoms with van der Waals surface area (Å²) in [5, 5.41) is 4.43. The molecule has 0 aliphatic rings. The van der Waals surface area contributed by atoms with Gasteiger partial charge in [0.05, 0.1) is 0 Å². The average molecular weight is 268 g/mol. The molecule has 1 aromatic carbocycles. The van der Waals surface area contributed by atoms with Gasteiger partial charge in [-0.3, -0.25) is 0 Å². The molecule has 0 heterocycles. The molecule has 0 aromatic heterocycles. The van der Waals surface area contributed by atoms with Crippen LogP contribution >= 0.6 is 11.6 Å². The Labute approximate surface area is 117 Å². The molecule has 1 rings (SSSR count). The third kappa shape index (κ3) is 4.99. The highest BCUT2D eigenvalue weighted by Crippen LogP contribution is 2.30. The van der Waals surface area contributed by atoms with Crippen LogP contribution in [0.3, 0.4) is 0 Å². The molecule has 18 heavy (non-hydrogen) atoms. The van der Waals surface area contributed by atoms with Gasteiger partial charge in [0.2, 0.25) is 0 Å². The van der Waals surface area contributed by atoms with Crippen LogP contribution in [-0.2, 0) is 6.42 Å². The predicted octanol–water partition coefficient (Wildman–Crippen LogP) is 4.54.